The molecule has 0 bridgehead atoms. The lowest BCUT2D eigenvalue weighted by Crippen LogP contribution is -2.50. The molecule has 0 saturated carbocycles. The first-order chi connectivity index (χ1) is 16.5. The van der Waals surface area contributed by atoms with Crippen LogP contribution in [0.2, 0.25) is 0 Å². The number of amides is 2. The summed E-state index contributed by atoms with van der Waals surface area (Å²) in [6.07, 6.45) is -0.465. The molecular weight excluding hydrogens is 434 g/mol. The number of carbonyl (C=O) groups excluding carboxylic acids is 2. The summed E-state index contributed by atoms with van der Waals surface area (Å²) in [7, 11) is 0. The molecule has 2 N–H and O–H groups in total. The summed E-state index contributed by atoms with van der Waals surface area (Å²) in [5.41, 5.74) is 4.40. The number of nitrogens with one attached hydrogen (secondary N) is 1. The second kappa shape index (κ2) is 10.7. The normalized spacial score (nSPS) is 16.8. The molecule has 0 spiro atoms. The summed E-state index contributed by atoms with van der Waals surface area (Å²) >= 11 is 0. The maximum atomic E-state index is 13.1. The first-order valence-electron chi connectivity index (χ1n) is 11.8. The first kappa shape index (κ1) is 23.8. The molecule has 8 heteroatoms. The molecular formula is C26H31N3O5. The Hall–Kier alpha value is -3.39. The summed E-state index contributed by atoms with van der Waals surface area (Å²) in [6.45, 7) is 5.74. The lowest BCUT2D eigenvalue weighted by atomic mass is 9.98. The number of alkyl carbamates (subject to hydrolysis) is 1. The highest BCUT2D eigenvalue weighted by atomic mass is 16.5. The maximum absolute atomic E-state index is 13.1. The van der Waals surface area contributed by atoms with E-state index in [9.17, 15) is 19.5 Å². The number of carboxylic acid groups (broad SMARTS) is 1. The van der Waals surface area contributed by atoms with E-state index in [2.05, 4.69) is 29.3 Å². The largest absolute Gasteiger partial charge is 0.481 e. The van der Waals surface area contributed by atoms with Crippen LogP contribution in [-0.4, -0.2) is 78.2 Å². The van der Waals surface area contributed by atoms with Gasteiger partial charge in [-0.1, -0.05) is 55.5 Å². The highest BCUT2D eigenvalue weighted by Gasteiger charge is 2.32. The van der Waals surface area contributed by atoms with Crippen LogP contribution >= 0.6 is 0 Å². The van der Waals surface area contributed by atoms with Gasteiger partial charge in [-0.15, -0.1) is 0 Å². The van der Waals surface area contributed by atoms with Gasteiger partial charge >= 0.3 is 12.1 Å². The van der Waals surface area contributed by atoms with Crippen LogP contribution in [0.3, 0.4) is 0 Å². The Labute approximate surface area is 199 Å². The maximum Gasteiger partial charge on any atom is 0.407 e. The van der Waals surface area contributed by atoms with Crippen molar-refractivity contribution in [2.75, 3.05) is 39.3 Å². The van der Waals surface area contributed by atoms with Crippen molar-refractivity contribution >= 4 is 18.0 Å². The van der Waals surface area contributed by atoms with Crippen molar-refractivity contribution in [3.05, 3.63) is 59.7 Å². The number of carbonyl (C=O) groups is 3. The summed E-state index contributed by atoms with van der Waals surface area (Å²) < 4.78 is 5.53. The third-order valence-corrected chi connectivity index (χ3v) is 6.66. The lowest BCUT2D eigenvalue weighted by molar-refractivity contribution is -0.142. The van der Waals surface area contributed by atoms with Gasteiger partial charge in [0.25, 0.3) is 0 Å². The lowest BCUT2D eigenvalue weighted by Gasteiger charge is -2.26. The SMILES string of the molecule is CCN1CCCN(C(=O)C(CC(=O)O)NC(=O)OCC2c3ccccc3-c3ccccc32)CC1. The second-order valence-electron chi connectivity index (χ2n) is 8.73. The van der Waals surface area contributed by atoms with E-state index in [4.69, 9.17) is 4.74 Å². The average molecular weight is 466 g/mol. The standard InChI is InChI=1S/C26H31N3O5/c1-2-28-12-7-13-29(15-14-28)25(32)23(16-24(30)31)27-26(33)34-17-22-20-10-5-3-8-18(20)19-9-4-6-11-21(19)22/h3-6,8-11,22-23H,2,7,12-17H2,1H3,(H,27,33)(H,30,31). The summed E-state index contributed by atoms with van der Waals surface area (Å²) in [4.78, 5) is 41.1. The van der Waals surface area contributed by atoms with Crippen molar-refractivity contribution in [2.24, 2.45) is 0 Å². The minimum Gasteiger partial charge on any atom is -0.481 e. The molecule has 1 aliphatic carbocycles. The average Bonchev–Trinajstić information content (AvgIpc) is 2.97. The number of hydrogen-bond donors (Lipinski definition) is 2. The van der Waals surface area contributed by atoms with E-state index in [1.54, 1.807) is 4.90 Å². The highest BCUT2D eigenvalue weighted by Crippen LogP contribution is 2.44. The molecule has 1 fully saturated rings. The van der Waals surface area contributed by atoms with E-state index in [0.29, 0.717) is 13.1 Å². The topological polar surface area (TPSA) is 99.2 Å². The third kappa shape index (κ3) is 5.22. The monoisotopic (exact) mass is 465 g/mol. The Morgan fingerprint density at radius 2 is 1.65 bits per heavy atom. The van der Waals surface area contributed by atoms with E-state index in [0.717, 1.165) is 48.3 Å². The second-order valence-corrected chi connectivity index (χ2v) is 8.73. The van der Waals surface area contributed by atoms with Gasteiger partial charge in [0.2, 0.25) is 5.91 Å². The van der Waals surface area contributed by atoms with Crippen molar-refractivity contribution in [2.45, 2.75) is 31.7 Å². The highest BCUT2D eigenvalue weighted by molar-refractivity contribution is 5.89. The predicted octanol–water partition coefficient (Wildman–Crippen LogP) is 2.92. The van der Waals surface area contributed by atoms with E-state index in [-0.39, 0.29) is 18.4 Å². The first-order valence-corrected chi connectivity index (χ1v) is 11.8. The van der Waals surface area contributed by atoms with Gasteiger partial charge in [0.15, 0.2) is 0 Å². The van der Waals surface area contributed by atoms with Crippen molar-refractivity contribution in [3.63, 3.8) is 0 Å². The van der Waals surface area contributed by atoms with Crippen molar-refractivity contribution in [1.82, 2.24) is 15.1 Å². The minimum absolute atomic E-state index is 0.100. The van der Waals surface area contributed by atoms with Crippen molar-refractivity contribution in [3.8, 4) is 11.1 Å². The van der Waals surface area contributed by atoms with Gasteiger partial charge in [-0.3, -0.25) is 9.59 Å². The smallest absolute Gasteiger partial charge is 0.407 e. The molecule has 2 aliphatic rings. The molecule has 34 heavy (non-hydrogen) atoms. The van der Waals surface area contributed by atoms with Crippen LogP contribution in [0.25, 0.3) is 11.1 Å². The molecule has 4 rings (SSSR count). The molecule has 1 saturated heterocycles. The number of likely N-dealkylation sites (N-methyl/N-ethyl adjacent to an activating group) is 1. The van der Waals surface area contributed by atoms with Crippen LogP contribution in [0.15, 0.2) is 48.5 Å². The number of ether oxygens (including phenoxy) is 1. The van der Waals surface area contributed by atoms with Gasteiger partial charge in [0, 0.05) is 25.6 Å². The van der Waals surface area contributed by atoms with Crippen LogP contribution in [0.4, 0.5) is 4.79 Å². The zero-order chi connectivity index (χ0) is 24.1. The van der Waals surface area contributed by atoms with Gasteiger partial charge in [-0.2, -0.15) is 0 Å². The Bertz CT molecular complexity index is 1010. The summed E-state index contributed by atoms with van der Waals surface area (Å²) in [5.74, 6) is -1.64. The third-order valence-electron chi connectivity index (χ3n) is 6.66. The zero-order valence-corrected chi connectivity index (χ0v) is 19.4. The molecule has 1 heterocycles. The molecule has 2 aromatic carbocycles. The number of fused-ring (bicyclic) bond motifs is 3. The van der Waals surface area contributed by atoms with Crippen LogP contribution < -0.4 is 5.32 Å². The molecule has 0 aromatic heterocycles. The number of rotatable bonds is 7. The van der Waals surface area contributed by atoms with E-state index in [1.165, 1.54) is 0 Å². The molecule has 2 amide bonds. The van der Waals surface area contributed by atoms with E-state index < -0.39 is 24.5 Å². The number of benzene rings is 2. The van der Waals surface area contributed by atoms with Crippen molar-refractivity contribution in [1.29, 1.82) is 0 Å². The number of aliphatic carboxylic acids is 1. The molecule has 0 radical (unpaired) electrons. The van der Waals surface area contributed by atoms with Crippen LogP contribution in [0.5, 0.6) is 0 Å². The van der Waals surface area contributed by atoms with Gasteiger partial charge in [0.1, 0.15) is 12.6 Å². The van der Waals surface area contributed by atoms with Gasteiger partial charge in [-0.05, 0) is 41.8 Å². The number of carboxylic acids is 1. The Balaban J connectivity index is 1.41. The fourth-order valence-corrected chi connectivity index (χ4v) is 4.88. The Morgan fingerprint density at radius 3 is 2.26 bits per heavy atom. The van der Waals surface area contributed by atoms with Gasteiger partial charge in [0.05, 0.1) is 6.42 Å². The number of nitrogens with zero attached hydrogens (tertiary/aromatic N) is 2. The van der Waals surface area contributed by atoms with Crippen LogP contribution in [0.1, 0.15) is 36.8 Å². The van der Waals surface area contributed by atoms with Crippen LogP contribution in [0, 0.1) is 0 Å². The predicted molar refractivity (Wildman–Crippen MR) is 128 cm³/mol. The molecule has 1 aliphatic heterocycles. The molecule has 2 aromatic rings. The quantitative estimate of drug-likeness (QED) is 0.652. The molecule has 180 valence electrons. The number of hydrogen-bond acceptors (Lipinski definition) is 5. The van der Waals surface area contributed by atoms with Gasteiger partial charge < -0.3 is 25.0 Å². The molecule has 1 unspecified atom stereocenters. The molecule has 1 atom stereocenters. The summed E-state index contributed by atoms with van der Waals surface area (Å²) in [6, 6.07) is 14.9. The van der Waals surface area contributed by atoms with E-state index in [1.807, 2.05) is 36.4 Å². The Morgan fingerprint density at radius 1 is 1.00 bits per heavy atom. The van der Waals surface area contributed by atoms with Crippen LogP contribution in [-0.2, 0) is 14.3 Å². The van der Waals surface area contributed by atoms with E-state index >= 15 is 0 Å². The fraction of sp³-hybridized carbons (Fsp3) is 0.423. The van der Waals surface area contributed by atoms with Crippen molar-refractivity contribution < 1.29 is 24.2 Å². The van der Waals surface area contributed by atoms with Gasteiger partial charge in [-0.25, -0.2) is 4.79 Å². The molecule has 8 nitrogen and oxygen atoms in total. The Kier molecular flexibility index (Phi) is 7.47. The minimum atomic E-state index is -1.17. The summed E-state index contributed by atoms with van der Waals surface area (Å²) in [5, 5.41) is 11.8. The zero-order valence-electron chi connectivity index (χ0n) is 19.4. The fourth-order valence-electron chi connectivity index (χ4n) is 4.88.